The van der Waals surface area contributed by atoms with Crippen LogP contribution in [0.25, 0.3) is 11.1 Å². The molecule has 0 fully saturated rings. The molecular formula is C15H13F. The van der Waals surface area contributed by atoms with E-state index in [1.807, 2.05) is 13.0 Å². The Bertz CT molecular complexity index is 582. The first-order valence-corrected chi connectivity index (χ1v) is 5.54. The molecule has 1 aliphatic carbocycles. The Morgan fingerprint density at radius 2 is 1.69 bits per heavy atom. The Morgan fingerprint density at radius 1 is 0.938 bits per heavy atom. The van der Waals surface area contributed by atoms with Crippen molar-refractivity contribution in [3.63, 3.8) is 0 Å². The maximum atomic E-state index is 13.5. The minimum atomic E-state index is -0.104. The summed E-state index contributed by atoms with van der Waals surface area (Å²) in [6.07, 6.45) is 0.938. The highest BCUT2D eigenvalue weighted by atomic mass is 19.1. The second-order valence-corrected chi connectivity index (χ2v) is 4.60. The van der Waals surface area contributed by atoms with Crippen LogP contribution in [0.15, 0.2) is 30.3 Å². The van der Waals surface area contributed by atoms with E-state index >= 15 is 0 Å². The van der Waals surface area contributed by atoms with E-state index in [4.69, 9.17) is 0 Å². The lowest BCUT2D eigenvalue weighted by Crippen LogP contribution is -1.86. The van der Waals surface area contributed by atoms with Crippen molar-refractivity contribution in [3.8, 4) is 11.1 Å². The fourth-order valence-corrected chi connectivity index (χ4v) is 2.47. The third-order valence-electron chi connectivity index (χ3n) is 3.32. The molecule has 0 aromatic heterocycles. The first kappa shape index (κ1) is 9.59. The molecule has 0 atom stereocenters. The molecule has 0 saturated heterocycles. The molecule has 0 bridgehead atoms. The molecule has 0 nitrogen and oxygen atoms in total. The highest BCUT2D eigenvalue weighted by Crippen LogP contribution is 2.38. The second-order valence-electron chi connectivity index (χ2n) is 4.60. The number of halogens is 1. The molecule has 16 heavy (non-hydrogen) atoms. The standard InChI is InChI=1S/C15H13F/c1-9-3-4-13-11(5-9)7-12-6-10(2)15(16)8-14(12)13/h3-6,8H,7H2,1-2H3. The van der Waals surface area contributed by atoms with E-state index in [0.717, 1.165) is 17.5 Å². The number of rotatable bonds is 0. The van der Waals surface area contributed by atoms with Crippen LogP contribution < -0.4 is 0 Å². The van der Waals surface area contributed by atoms with Gasteiger partial charge in [0.05, 0.1) is 0 Å². The van der Waals surface area contributed by atoms with E-state index < -0.39 is 0 Å². The van der Waals surface area contributed by atoms with Crippen molar-refractivity contribution in [2.24, 2.45) is 0 Å². The van der Waals surface area contributed by atoms with Crippen molar-refractivity contribution < 1.29 is 4.39 Å². The summed E-state index contributed by atoms with van der Waals surface area (Å²) in [5.74, 6) is -0.104. The van der Waals surface area contributed by atoms with E-state index in [1.54, 1.807) is 6.07 Å². The monoisotopic (exact) mass is 212 g/mol. The Kier molecular flexibility index (Phi) is 1.90. The van der Waals surface area contributed by atoms with Crippen LogP contribution in [0.2, 0.25) is 0 Å². The van der Waals surface area contributed by atoms with Crippen LogP contribution in [0.1, 0.15) is 22.3 Å². The maximum Gasteiger partial charge on any atom is 0.126 e. The van der Waals surface area contributed by atoms with Crippen molar-refractivity contribution in [2.45, 2.75) is 20.3 Å². The van der Waals surface area contributed by atoms with Crippen LogP contribution in [0.5, 0.6) is 0 Å². The lowest BCUT2D eigenvalue weighted by molar-refractivity contribution is 0.618. The summed E-state index contributed by atoms with van der Waals surface area (Å²) in [6, 6.07) is 10.0. The third kappa shape index (κ3) is 1.28. The molecule has 0 amide bonds. The lowest BCUT2D eigenvalue weighted by atomic mass is 10.0. The topological polar surface area (TPSA) is 0 Å². The summed E-state index contributed by atoms with van der Waals surface area (Å²) >= 11 is 0. The lowest BCUT2D eigenvalue weighted by Gasteiger charge is -2.03. The Hall–Kier alpha value is -1.63. The van der Waals surface area contributed by atoms with Crippen molar-refractivity contribution in [2.75, 3.05) is 0 Å². The molecule has 1 heteroatoms. The zero-order chi connectivity index (χ0) is 11.3. The largest absolute Gasteiger partial charge is 0.207 e. The molecule has 80 valence electrons. The highest BCUT2D eigenvalue weighted by Gasteiger charge is 2.19. The molecule has 0 unspecified atom stereocenters. The number of aryl methyl sites for hydroxylation is 2. The molecule has 0 spiro atoms. The van der Waals surface area contributed by atoms with Crippen LogP contribution in [0.4, 0.5) is 4.39 Å². The normalized spacial score (nSPS) is 12.4. The van der Waals surface area contributed by atoms with E-state index in [9.17, 15) is 4.39 Å². The van der Waals surface area contributed by atoms with Gasteiger partial charge in [0.1, 0.15) is 5.82 Å². The van der Waals surface area contributed by atoms with E-state index in [-0.39, 0.29) is 5.82 Å². The molecule has 0 radical (unpaired) electrons. The molecule has 3 rings (SSSR count). The van der Waals surface area contributed by atoms with Crippen LogP contribution in [-0.4, -0.2) is 0 Å². The minimum Gasteiger partial charge on any atom is -0.207 e. The first-order valence-electron chi connectivity index (χ1n) is 5.54. The van der Waals surface area contributed by atoms with Crippen molar-refractivity contribution in [3.05, 3.63) is 58.4 Å². The zero-order valence-corrected chi connectivity index (χ0v) is 9.47. The van der Waals surface area contributed by atoms with Gasteiger partial charge in [-0.3, -0.25) is 0 Å². The van der Waals surface area contributed by atoms with Gasteiger partial charge < -0.3 is 0 Å². The highest BCUT2D eigenvalue weighted by molar-refractivity contribution is 5.77. The van der Waals surface area contributed by atoms with Crippen molar-refractivity contribution in [1.29, 1.82) is 0 Å². The molecule has 0 N–H and O–H groups in total. The van der Waals surface area contributed by atoms with E-state index in [2.05, 4.69) is 25.1 Å². The summed E-state index contributed by atoms with van der Waals surface area (Å²) in [5, 5.41) is 0. The number of fused-ring (bicyclic) bond motifs is 3. The SMILES string of the molecule is Cc1ccc2c(c1)Cc1cc(C)c(F)cc1-2. The zero-order valence-electron chi connectivity index (χ0n) is 9.47. The number of hydrogen-bond acceptors (Lipinski definition) is 0. The predicted octanol–water partition coefficient (Wildman–Crippen LogP) is 4.01. The fraction of sp³-hybridized carbons (Fsp3) is 0.200. The first-order chi connectivity index (χ1) is 7.65. The molecule has 2 aromatic rings. The van der Waals surface area contributed by atoms with Crippen LogP contribution >= 0.6 is 0 Å². The average Bonchev–Trinajstić information content (AvgIpc) is 2.55. The van der Waals surface area contributed by atoms with Crippen LogP contribution in [-0.2, 0) is 6.42 Å². The van der Waals surface area contributed by atoms with E-state index in [1.165, 1.54) is 22.3 Å². The van der Waals surface area contributed by atoms with Gasteiger partial charge in [0.25, 0.3) is 0 Å². The molecule has 1 aliphatic rings. The summed E-state index contributed by atoms with van der Waals surface area (Å²) in [6.45, 7) is 3.92. The van der Waals surface area contributed by atoms with Gasteiger partial charge in [0, 0.05) is 0 Å². The van der Waals surface area contributed by atoms with Crippen LogP contribution in [0.3, 0.4) is 0 Å². The second kappa shape index (κ2) is 3.18. The summed E-state index contributed by atoms with van der Waals surface area (Å²) in [7, 11) is 0. The molecule has 2 aromatic carbocycles. The average molecular weight is 212 g/mol. The quantitative estimate of drug-likeness (QED) is 0.528. The fourth-order valence-electron chi connectivity index (χ4n) is 2.47. The van der Waals surface area contributed by atoms with Gasteiger partial charge in [0.2, 0.25) is 0 Å². The third-order valence-corrected chi connectivity index (χ3v) is 3.32. The number of benzene rings is 2. The predicted molar refractivity (Wildman–Crippen MR) is 64.1 cm³/mol. The molecule has 0 aliphatic heterocycles. The van der Waals surface area contributed by atoms with Crippen LogP contribution in [0, 0.1) is 19.7 Å². The van der Waals surface area contributed by atoms with E-state index in [0.29, 0.717) is 0 Å². The summed E-state index contributed by atoms with van der Waals surface area (Å²) in [5.41, 5.74) is 6.84. The van der Waals surface area contributed by atoms with Gasteiger partial charge in [-0.1, -0.05) is 29.8 Å². The smallest absolute Gasteiger partial charge is 0.126 e. The summed E-state index contributed by atoms with van der Waals surface area (Å²) in [4.78, 5) is 0. The Balaban J connectivity index is 2.25. The van der Waals surface area contributed by atoms with Gasteiger partial charge in [-0.05, 0) is 54.2 Å². The van der Waals surface area contributed by atoms with Gasteiger partial charge in [0.15, 0.2) is 0 Å². The molecular weight excluding hydrogens is 199 g/mol. The van der Waals surface area contributed by atoms with Gasteiger partial charge in [-0.15, -0.1) is 0 Å². The Morgan fingerprint density at radius 3 is 2.50 bits per heavy atom. The molecule has 0 heterocycles. The summed E-state index contributed by atoms with van der Waals surface area (Å²) < 4.78 is 13.5. The van der Waals surface area contributed by atoms with Gasteiger partial charge >= 0.3 is 0 Å². The van der Waals surface area contributed by atoms with Gasteiger partial charge in [-0.25, -0.2) is 4.39 Å². The molecule has 0 saturated carbocycles. The number of hydrogen-bond donors (Lipinski definition) is 0. The minimum absolute atomic E-state index is 0.104. The van der Waals surface area contributed by atoms with Crippen molar-refractivity contribution in [1.82, 2.24) is 0 Å². The van der Waals surface area contributed by atoms with Gasteiger partial charge in [-0.2, -0.15) is 0 Å². The van der Waals surface area contributed by atoms with Crippen molar-refractivity contribution >= 4 is 0 Å². The Labute approximate surface area is 94.7 Å². The maximum absolute atomic E-state index is 13.5.